The van der Waals surface area contributed by atoms with Gasteiger partial charge < -0.3 is 44.1 Å². The van der Waals surface area contributed by atoms with Gasteiger partial charge in [0.05, 0.1) is 0 Å². The molecule has 0 heterocycles. The summed E-state index contributed by atoms with van der Waals surface area (Å²) >= 11 is 0. The number of carbonyl (C=O) groups excluding carboxylic acids is 7. The summed E-state index contributed by atoms with van der Waals surface area (Å²) in [6, 6.07) is -4.26. The number of amides is 3. The first-order valence-corrected chi connectivity index (χ1v) is 14.1. The molecule has 8 atom stereocenters. The van der Waals surface area contributed by atoms with Gasteiger partial charge in [-0.15, -0.1) is 0 Å². The Morgan fingerprint density at radius 1 is 0.489 bits per heavy atom. The maximum absolute atomic E-state index is 12.9. The van der Waals surface area contributed by atoms with Gasteiger partial charge in [0.1, 0.15) is 24.2 Å². The fourth-order valence-corrected chi connectivity index (χ4v) is 3.32. The lowest BCUT2D eigenvalue weighted by atomic mass is 10.2. The Morgan fingerprint density at radius 2 is 0.733 bits per heavy atom. The van der Waals surface area contributed by atoms with Crippen LogP contribution in [-0.2, 0) is 57.3 Å². The summed E-state index contributed by atoms with van der Waals surface area (Å²) in [4.78, 5) is 102. The zero-order chi connectivity index (χ0) is 35.5. The lowest BCUT2D eigenvalue weighted by Crippen LogP contribution is -2.51. The number of nitrogens with zero attached hydrogens (tertiary/aromatic N) is 3. The third-order valence-corrected chi connectivity index (χ3v) is 7.16. The number of rotatable bonds is 16. The number of carboxylic acids is 1. The van der Waals surface area contributed by atoms with Gasteiger partial charge in [-0.25, -0.2) is 19.2 Å². The van der Waals surface area contributed by atoms with Gasteiger partial charge in [-0.05, 0) is 62.4 Å². The van der Waals surface area contributed by atoms with Gasteiger partial charge >= 0.3 is 29.8 Å². The van der Waals surface area contributed by atoms with E-state index in [1.807, 2.05) is 0 Å². The maximum atomic E-state index is 12.9. The molecule has 3 amide bonds. The summed E-state index contributed by atoms with van der Waals surface area (Å²) in [6.07, 6.45) is -5.42. The quantitative estimate of drug-likeness (QED) is 0.151. The lowest BCUT2D eigenvalue weighted by Gasteiger charge is -2.30. The van der Waals surface area contributed by atoms with Crippen LogP contribution in [0.15, 0.2) is 0 Å². The van der Waals surface area contributed by atoms with Crippen LogP contribution < -0.4 is 5.32 Å². The first kappa shape index (κ1) is 40.7. The summed E-state index contributed by atoms with van der Waals surface area (Å²) in [7, 11) is 5.34. The number of likely N-dealkylation sites (N-methyl/N-ethyl adjacent to an activating group) is 4. The third kappa shape index (κ3) is 11.6. The minimum Gasteiger partial charge on any atom is -0.479 e. The van der Waals surface area contributed by atoms with Gasteiger partial charge in [-0.3, -0.25) is 19.2 Å². The van der Waals surface area contributed by atoms with Crippen LogP contribution in [0.25, 0.3) is 0 Å². The molecule has 0 spiro atoms. The highest BCUT2D eigenvalue weighted by atomic mass is 16.6. The van der Waals surface area contributed by atoms with Gasteiger partial charge in [-0.1, -0.05) is 0 Å². The molecular formula is C28H46N4O13. The third-order valence-electron chi connectivity index (χ3n) is 7.16. The highest BCUT2D eigenvalue weighted by molar-refractivity contribution is 5.92. The van der Waals surface area contributed by atoms with Crippen molar-refractivity contribution in [3.05, 3.63) is 0 Å². The van der Waals surface area contributed by atoms with Gasteiger partial charge in [-0.2, -0.15) is 0 Å². The molecule has 256 valence electrons. The number of aliphatic carboxylic acids is 1. The molecule has 0 aliphatic carbocycles. The van der Waals surface area contributed by atoms with Crippen LogP contribution in [0.1, 0.15) is 55.4 Å². The number of hydrogen-bond acceptors (Lipinski definition) is 13. The highest BCUT2D eigenvalue weighted by Crippen LogP contribution is 2.12. The molecule has 0 aromatic rings. The van der Waals surface area contributed by atoms with Crippen molar-refractivity contribution in [1.82, 2.24) is 20.0 Å². The topological polar surface area (TPSA) is 215 Å². The molecule has 2 N–H and O–H groups in total. The van der Waals surface area contributed by atoms with Crippen molar-refractivity contribution in [2.45, 2.75) is 104 Å². The van der Waals surface area contributed by atoms with Crippen LogP contribution in [0.2, 0.25) is 0 Å². The monoisotopic (exact) mass is 646 g/mol. The molecule has 0 rings (SSSR count). The van der Waals surface area contributed by atoms with Crippen molar-refractivity contribution in [3.8, 4) is 0 Å². The SMILES string of the molecule is CNC(C)C(=O)OC(C)C(=O)N(C)C(C)C(=O)OC(C)C(=O)N(C)C(C)C(=O)OC(C)C(=O)N(C)C(C)C(=O)OC(C)C(=O)O. The van der Waals surface area contributed by atoms with Crippen molar-refractivity contribution in [2.24, 2.45) is 0 Å². The van der Waals surface area contributed by atoms with E-state index in [1.165, 1.54) is 62.7 Å². The Bertz CT molecular complexity index is 1130. The summed E-state index contributed by atoms with van der Waals surface area (Å²) in [5, 5.41) is 11.6. The van der Waals surface area contributed by atoms with Crippen molar-refractivity contribution < 1.29 is 62.4 Å². The number of carbonyl (C=O) groups is 8. The van der Waals surface area contributed by atoms with E-state index >= 15 is 0 Å². The van der Waals surface area contributed by atoms with Gasteiger partial charge in [0.25, 0.3) is 17.7 Å². The minimum absolute atomic E-state index is 0.656. The van der Waals surface area contributed by atoms with Crippen molar-refractivity contribution in [3.63, 3.8) is 0 Å². The molecule has 45 heavy (non-hydrogen) atoms. The predicted octanol–water partition coefficient (Wildman–Crippen LogP) is -1.05. The fourth-order valence-electron chi connectivity index (χ4n) is 3.32. The van der Waals surface area contributed by atoms with E-state index in [-0.39, 0.29) is 0 Å². The molecule has 0 aromatic heterocycles. The van der Waals surface area contributed by atoms with Crippen LogP contribution in [0.3, 0.4) is 0 Å². The largest absolute Gasteiger partial charge is 0.479 e. The number of ether oxygens (including phenoxy) is 4. The second-order valence-corrected chi connectivity index (χ2v) is 10.5. The van der Waals surface area contributed by atoms with Crippen LogP contribution >= 0.6 is 0 Å². The van der Waals surface area contributed by atoms with Crippen LogP contribution in [0.5, 0.6) is 0 Å². The van der Waals surface area contributed by atoms with E-state index in [4.69, 9.17) is 24.1 Å². The molecule has 0 bridgehead atoms. The minimum atomic E-state index is -1.44. The molecule has 0 aliphatic heterocycles. The molecular weight excluding hydrogens is 600 g/mol. The van der Waals surface area contributed by atoms with E-state index in [0.717, 1.165) is 21.6 Å². The zero-order valence-electron chi connectivity index (χ0n) is 27.8. The Balaban J connectivity index is 5.18. The van der Waals surface area contributed by atoms with Crippen LogP contribution in [-0.4, -0.2) is 144 Å². The fraction of sp³-hybridized carbons (Fsp3) is 0.714. The van der Waals surface area contributed by atoms with E-state index in [1.54, 1.807) is 14.0 Å². The van der Waals surface area contributed by atoms with Crippen LogP contribution in [0.4, 0.5) is 0 Å². The second kappa shape index (κ2) is 17.9. The van der Waals surface area contributed by atoms with E-state index in [2.05, 4.69) is 5.32 Å². The van der Waals surface area contributed by atoms with Crippen molar-refractivity contribution >= 4 is 47.6 Å². The first-order valence-electron chi connectivity index (χ1n) is 14.1. The lowest BCUT2D eigenvalue weighted by molar-refractivity contribution is -0.172. The molecule has 0 radical (unpaired) electrons. The summed E-state index contributed by atoms with van der Waals surface area (Å²) in [5.41, 5.74) is 0. The molecule has 17 heteroatoms. The number of carboxylic acid groups (broad SMARTS) is 1. The highest BCUT2D eigenvalue weighted by Gasteiger charge is 2.36. The average Bonchev–Trinajstić information content (AvgIpc) is 3.00. The normalized spacial score (nSPS) is 16.2. The molecule has 0 aromatic carbocycles. The summed E-state index contributed by atoms with van der Waals surface area (Å²) < 4.78 is 20.3. The summed E-state index contributed by atoms with van der Waals surface area (Å²) in [6.45, 7) is 10.5. The number of nitrogens with one attached hydrogen (secondary N) is 1. The van der Waals surface area contributed by atoms with E-state index < -0.39 is 96.2 Å². The molecule has 0 aliphatic rings. The van der Waals surface area contributed by atoms with E-state index in [9.17, 15) is 38.4 Å². The smallest absolute Gasteiger partial charge is 0.344 e. The Labute approximate surface area is 262 Å². The molecule has 0 saturated carbocycles. The van der Waals surface area contributed by atoms with Crippen molar-refractivity contribution in [1.29, 1.82) is 0 Å². The molecule has 17 nitrogen and oxygen atoms in total. The molecule has 0 saturated heterocycles. The van der Waals surface area contributed by atoms with E-state index in [0.29, 0.717) is 0 Å². The molecule has 8 unspecified atom stereocenters. The Kier molecular flexibility index (Phi) is 16.2. The second-order valence-electron chi connectivity index (χ2n) is 10.5. The zero-order valence-corrected chi connectivity index (χ0v) is 27.8. The predicted molar refractivity (Wildman–Crippen MR) is 155 cm³/mol. The first-order chi connectivity index (χ1) is 20.6. The standard InChI is InChI=1S/C28H46N4O13/c1-13(29-9)25(38)42-17(5)21(33)30(10)14(2)26(39)43-18(6)22(34)31(11)15(3)27(40)44-19(7)23(35)32(12)16(4)28(41)45-20(8)24(36)37/h13-20,29H,1-12H3,(H,36,37). The molecule has 0 fully saturated rings. The summed E-state index contributed by atoms with van der Waals surface area (Å²) in [5.74, 6) is -7.21. The van der Waals surface area contributed by atoms with Gasteiger partial charge in [0, 0.05) is 21.1 Å². The van der Waals surface area contributed by atoms with Gasteiger partial charge in [0.2, 0.25) is 0 Å². The number of esters is 4. The number of hydrogen-bond donors (Lipinski definition) is 2. The Hall–Kier alpha value is -4.28. The average molecular weight is 647 g/mol. The van der Waals surface area contributed by atoms with Crippen molar-refractivity contribution in [2.75, 3.05) is 28.2 Å². The van der Waals surface area contributed by atoms with Gasteiger partial charge in [0.15, 0.2) is 24.4 Å². The van der Waals surface area contributed by atoms with Crippen LogP contribution in [0, 0.1) is 0 Å². The Morgan fingerprint density at radius 3 is 0.978 bits per heavy atom. The maximum Gasteiger partial charge on any atom is 0.344 e.